The molecular weight excluding hydrogens is 396 g/mol. The van der Waals surface area contributed by atoms with E-state index in [1.165, 1.54) is 0 Å². The van der Waals surface area contributed by atoms with Gasteiger partial charge in [-0.2, -0.15) is 0 Å². The normalized spacial score (nSPS) is 13.5. The van der Waals surface area contributed by atoms with Crippen molar-refractivity contribution >= 4 is 23.3 Å². The average Bonchev–Trinajstić information content (AvgIpc) is 2.80. The highest BCUT2D eigenvalue weighted by molar-refractivity contribution is 6.07. The summed E-state index contributed by atoms with van der Waals surface area (Å²) in [7, 11) is 0. The topological polar surface area (TPSA) is 77.1 Å². The number of ether oxygens (including phenoxy) is 3. The Morgan fingerprint density at radius 3 is 2.42 bits per heavy atom. The third-order valence-electron chi connectivity index (χ3n) is 4.99. The molecule has 0 bridgehead atoms. The SMILES string of the molecule is CCCCOc1ccc(C(=O)Nc2cc(C(=O)OCC)ccc2N2CCOCC2)cc1. The van der Waals surface area contributed by atoms with E-state index in [0.29, 0.717) is 56.3 Å². The summed E-state index contributed by atoms with van der Waals surface area (Å²) >= 11 is 0. The molecule has 0 radical (unpaired) electrons. The number of nitrogens with zero attached hydrogens (tertiary/aromatic N) is 1. The highest BCUT2D eigenvalue weighted by Crippen LogP contribution is 2.29. The smallest absolute Gasteiger partial charge is 0.338 e. The fourth-order valence-electron chi connectivity index (χ4n) is 3.29. The number of unbranched alkanes of at least 4 members (excludes halogenated alkanes) is 1. The van der Waals surface area contributed by atoms with Crippen molar-refractivity contribution in [2.45, 2.75) is 26.7 Å². The molecule has 1 aliphatic heterocycles. The van der Waals surface area contributed by atoms with Crippen LogP contribution < -0.4 is 15.0 Å². The average molecular weight is 427 g/mol. The lowest BCUT2D eigenvalue weighted by molar-refractivity contribution is 0.0526. The first-order valence-electron chi connectivity index (χ1n) is 10.8. The maximum Gasteiger partial charge on any atom is 0.338 e. The van der Waals surface area contributed by atoms with Crippen LogP contribution in [0.15, 0.2) is 42.5 Å². The summed E-state index contributed by atoms with van der Waals surface area (Å²) in [5.74, 6) is 0.0686. The van der Waals surface area contributed by atoms with E-state index in [2.05, 4.69) is 17.1 Å². The van der Waals surface area contributed by atoms with E-state index in [0.717, 1.165) is 24.3 Å². The molecule has 0 unspecified atom stereocenters. The summed E-state index contributed by atoms with van der Waals surface area (Å²) < 4.78 is 16.2. The Hall–Kier alpha value is -3.06. The Morgan fingerprint density at radius 2 is 1.74 bits per heavy atom. The van der Waals surface area contributed by atoms with Gasteiger partial charge in [0.2, 0.25) is 0 Å². The van der Waals surface area contributed by atoms with Crippen LogP contribution >= 0.6 is 0 Å². The minimum absolute atomic E-state index is 0.254. The van der Waals surface area contributed by atoms with Gasteiger partial charge in [-0.1, -0.05) is 13.3 Å². The van der Waals surface area contributed by atoms with Gasteiger partial charge in [-0.3, -0.25) is 4.79 Å². The maximum atomic E-state index is 12.9. The number of carbonyl (C=O) groups is 2. The van der Waals surface area contributed by atoms with Crippen LogP contribution in [0.5, 0.6) is 5.75 Å². The summed E-state index contributed by atoms with van der Waals surface area (Å²) in [6.07, 6.45) is 2.06. The third-order valence-corrected chi connectivity index (χ3v) is 4.99. The predicted molar refractivity (Wildman–Crippen MR) is 120 cm³/mol. The maximum absolute atomic E-state index is 12.9. The molecule has 0 spiro atoms. The van der Waals surface area contributed by atoms with Gasteiger partial charge in [0.15, 0.2) is 0 Å². The second kappa shape index (κ2) is 11.4. The molecule has 7 heteroatoms. The van der Waals surface area contributed by atoms with E-state index in [1.807, 2.05) is 6.07 Å². The number of esters is 1. The predicted octanol–water partition coefficient (Wildman–Crippen LogP) is 4.13. The lowest BCUT2D eigenvalue weighted by atomic mass is 10.1. The van der Waals surface area contributed by atoms with Gasteiger partial charge < -0.3 is 24.4 Å². The van der Waals surface area contributed by atoms with Gasteiger partial charge in [-0.15, -0.1) is 0 Å². The minimum Gasteiger partial charge on any atom is -0.494 e. The van der Waals surface area contributed by atoms with Crippen molar-refractivity contribution < 1.29 is 23.8 Å². The number of hydrogen-bond donors (Lipinski definition) is 1. The largest absolute Gasteiger partial charge is 0.494 e. The first-order valence-corrected chi connectivity index (χ1v) is 10.8. The standard InChI is InChI=1S/C24H30N2O5/c1-3-5-14-31-20-9-6-18(7-10-20)23(27)25-21-17-19(24(28)30-4-2)8-11-22(21)26-12-15-29-16-13-26/h6-11,17H,3-5,12-16H2,1-2H3,(H,25,27). The summed E-state index contributed by atoms with van der Waals surface area (Å²) in [6, 6.07) is 12.3. The summed E-state index contributed by atoms with van der Waals surface area (Å²) in [5, 5.41) is 2.96. The zero-order valence-electron chi connectivity index (χ0n) is 18.2. The molecule has 166 valence electrons. The molecule has 3 rings (SSSR count). The van der Waals surface area contributed by atoms with Crippen molar-refractivity contribution in [1.29, 1.82) is 0 Å². The van der Waals surface area contributed by atoms with E-state index in [4.69, 9.17) is 14.2 Å². The Kier molecular flexibility index (Phi) is 8.29. The Bertz CT molecular complexity index is 876. The van der Waals surface area contributed by atoms with E-state index >= 15 is 0 Å². The van der Waals surface area contributed by atoms with Crippen LogP contribution in [0.25, 0.3) is 0 Å². The number of anilines is 2. The number of benzene rings is 2. The van der Waals surface area contributed by atoms with Crippen molar-refractivity contribution in [3.63, 3.8) is 0 Å². The van der Waals surface area contributed by atoms with Crippen LogP contribution in [0.1, 0.15) is 47.4 Å². The first-order chi connectivity index (χ1) is 15.1. The van der Waals surface area contributed by atoms with Gasteiger partial charge >= 0.3 is 5.97 Å². The van der Waals surface area contributed by atoms with Gasteiger partial charge in [-0.05, 0) is 55.8 Å². The quantitative estimate of drug-likeness (QED) is 0.480. The Balaban J connectivity index is 1.79. The number of carbonyl (C=O) groups excluding carboxylic acids is 2. The van der Waals surface area contributed by atoms with Crippen molar-refractivity contribution in [3.8, 4) is 5.75 Å². The monoisotopic (exact) mass is 426 g/mol. The van der Waals surface area contributed by atoms with Gasteiger partial charge in [-0.25, -0.2) is 4.79 Å². The zero-order chi connectivity index (χ0) is 22.1. The lowest BCUT2D eigenvalue weighted by Gasteiger charge is -2.30. The van der Waals surface area contributed by atoms with Gasteiger partial charge in [0.1, 0.15) is 5.75 Å². The summed E-state index contributed by atoms with van der Waals surface area (Å²) in [6.45, 7) is 7.48. The molecule has 31 heavy (non-hydrogen) atoms. The van der Waals surface area contributed by atoms with Crippen LogP contribution in [0, 0.1) is 0 Å². The molecule has 1 heterocycles. The molecule has 1 saturated heterocycles. The van der Waals surface area contributed by atoms with Gasteiger partial charge in [0.25, 0.3) is 5.91 Å². The highest BCUT2D eigenvalue weighted by atomic mass is 16.5. The molecule has 1 fully saturated rings. The van der Waals surface area contributed by atoms with E-state index in [1.54, 1.807) is 43.3 Å². The number of hydrogen-bond acceptors (Lipinski definition) is 6. The van der Waals surface area contributed by atoms with Crippen LogP contribution in [-0.4, -0.2) is 51.4 Å². The van der Waals surface area contributed by atoms with Crippen molar-refractivity contribution in [2.75, 3.05) is 49.7 Å². The third kappa shape index (κ3) is 6.21. The second-order valence-electron chi connectivity index (χ2n) is 7.23. The van der Waals surface area contributed by atoms with Crippen LogP contribution in [0.2, 0.25) is 0 Å². The molecule has 0 aromatic heterocycles. The molecule has 2 aromatic rings. The molecule has 7 nitrogen and oxygen atoms in total. The van der Waals surface area contributed by atoms with Crippen molar-refractivity contribution in [3.05, 3.63) is 53.6 Å². The van der Waals surface area contributed by atoms with Crippen LogP contribution in [-0.2, 0) is 9.47 Å². The van der Waals surface area contributed by atoms with E-state index in [-0.39, 0.29) is 5.91 Å². The van der Waals surface area contributed by atoms with E-state index in [9.17, 15) is 9.59 Å². The number of rotatable bonds is 9. The second-order valence-corrected chi connectivity index (χ2v) is 7.23. The first kappa shape index (κ1) is 22.6. The van der Waals surface area contributed by atoms with Crippen LogP contribution in [0.4, 0.5) is 11.4 Å². The molecule has 2 aromatic carbocycles. The molecule has 0 atom stereocenters. The molecule has 1 amide bonds. The number of amides is 1. The molecule has 1 aliphatic rings. The minimum atomic E-state index is -0.417. The lowest BCUT2D eigenvalue weighted by Crippen LogP contribution is -2.36. The van der Waals surface area contributed by atoms with Crippen LogP contribution in [0.3, 0.4) is 0 Å². The zero-order valence-corrected chi connectivity index (χ0v) is 18.2. The fraction of sp³-hybridized carbons (Fsp3) is 0.417. The fourth-order valence-corrected chi connectivity index (χ4v) is 3.29. The number of morpholine rings is 1. The van der Waals surface area contributed by atoms with Crippen molar-refractivity contribution in [1.82, 2.24) is 0 Å². The van der Waals surface area contributed by atoms with Gasteiger partial charge in [0, 0.05) is 18.7 Å². The Labute approximate surface area is 183 Å². The highest BCUT2D eigenvalue weighted by Gasteiger charge is 2.19. The Morgan fingerprint density at radius 1 is 1.03 bits per heavy atom. The molecule has 1 N–H and O–H groups in total. The summed E-state index contributed by atoms with van der Waals surface area (Å²) in [5.41, 5.74) is 2.33. The molecule has 0 aliphatic carbocycles. The number of nitrogens with one attached hydrogen (secondary N) is 1. The van der Waals surface area contributed by atoms with Gasteiger partial charge in [0.05, 0.1) is 43.4 Å². The summed E-state index contributed by atoms with van der Waals surface area (Å²) in [4.78, 5) is 27.3. The molecular formula is C24H30N2O5. The van der Waals surface area contributed by atoms with E-state index < -0.39 is 5.97 Å². The molecule has 0 saturated carbocycles. The van der Waals surface area contributed by atoms with Crippen molar-refractivity contribution in [2.24, 2.45) is 0 Å².